The van der Waals surface area contributed by atoms with Crippen LogP contribution in [0.15, 0.2) is 0 Å². The minimum absolute atomic E-state index is 0.231. The number of Topliss-reactive ketones (excluding diaryl/α,β-unsaturated/α-hetero) is 1. The molecule has 0 aromatic heterocycles. The summed E-state index contributed by atoms with van der Waals surface area (Å²) in [5, 5.41) is 17.9. The Balaban J connectivity index is 2.17. The minimum Gasteiger partial charge on any atom is -0.479 e. The summed E-state index contributed by atoms with van der Waals surface area (Å²) in [6.07, 6.45) is 10.7. The molecule has 4 atom stereocenters. The van der Waals surface area contributed by atoms with E-state index < -0.39 is 12.1 Å². The first-order chi connectivity index (χ1) is 12.3. The van der Waals surface area contributed by atoms with Gasteiger partial charge in [-0.2, -0.15) is 0 Å². The maximum atomic E-state index is 12.2. The summed E-state index contributed by atoms with van der Waals surface area (Å²) in [7, 11) is 0. The number of carbonyl (C=O) groups is 2. The summed E-state index contributed by atoms with van der Waals surface area (Å²) in [5.74, 6) is 1.66. The van der Waals surface area contributed by atoms with E-state index in [-0.39, 0.29) is 5.92 Å². The first-order valence-electron chi connectivity index (χ1n) is 10.8. The van der Waals surface area contributed by atoms with Crippen LogP contribution in [0.1, 0.15) is 97.8 Å². The normalized spacial score (nSPS) is 22.7. The van der Waals surface area contributed by atoms with Crippen molar-refractivity contribution >= 4 is 11.8 Å². The summed E-state index contributed by atoms with van der Waals surface area (Å²) in [4.78, 5) is 22.8. The van der Waals surface area contributed by atoms with Gasteiger partial charge < -0.3 is 10.2 Å². The van der Waals surface area contributed by atoms with E-state index in [2.05, 4.69) is 20.8 Å². The van der Waals surface area contributed by atoms with Gasteiger partial charge in [-0.05, 0) is 43.4 Å². The predicted molar refractivity (Wildman–Crippen MR) is 105 cm³/mol. The molecule has 0 aliphatic heterocycles. The molecule has 0 saturated heterocycles. The van der Waals surface area contributed by atoms with Crippen LogP contribution >= 0.6 is 0 Å². The van der Waals surface area contributed by atoms with E-state index in [0.717, 1.165) is 43.9 Å². The molecule has 1 saturated carbocycles. The number of aliphatic hydroxyl groups excluding tert-OH is 1. The van der Waals surface area contributed by atoms with Crippen molar-refractivity contribution in [1.29, 1.82) is 0 Å². The first-order valence-corrected chi connectivity index (χ1v) is 10.8. The van der Waals surface area contributed by atoms with Gasteiger partial charge in [-0.1, -0.05) is 65.7 Å². The summed E-state index contributed by atoms with van der Waals surface area (Å²) >= 11 is 0. The second kappa shape index (κ2) is 12.5. The van der Waals surface area contributed by atoms with Crippen LogP contribution in [-0.4, -0.2) is 28.1 Å². The molecule has 0 radical (unpaired) electrons. The molecule has 0 aromatic carbocycles. The molecule has 0 bridgehead atoms. The van der Waals surface area contributed by atoms with E-state index in [4.69, 9.17) is 5.11 Å². The van der Waals surface area contributed by atoms with Crippen LogP contribution in [0, 0.1) is 23.7 Å². The van der Waals surface area contributed by atoms with Gasteiger partial charge in [0.15, 0.2) is 6.10 Å². The molecular formula is C22H40O4. The maximum absolute atomic E-state index is 12.2. The molecule has 0 heterocycles. The highest BCUT2D eigenvalue weighted by Gasteiger charge is 2.33. The first kappa shape index (κ1) is 23.1. The Hall–Kier alpha value is -0.900. The van der Waals surface area contributed by atoms with E-state index in [1.807, 2.05) is 0 Å². The second-order valence-corrected chi connectivity index (χ2v) is 8.72. The smallest absolute Gasteiger partial charge is 0.332 e. The molecule has 4 heteroatoms. The van der Waals surface area contributed by atoms with Crippen LogP contribution in [0.5, 0.6) is 0 Å². The molecule has 1 aliphatic rings. The van der Waals surface area contributed by atoms with Gasteiger partial charge in [0.2, 0.25) is 0 Å². The van der Waals surface area contributed by atoms with Crippen LogP contribution in [0.25, 0.3) is 0 Å². The van der Waals surface area contributed by atoms with Crippen molar-refractivity contribution in [3.63, 3.8) is 0 Å². The molecular weight excluding hydrogens is 328 g/mol. The number of rotatable bonds is 14. The predicted octanol–water partition coefficient (Wildman–Crippen LogP) is 5.22. The molecule has 1 aliphatic carbocycles. The number of carbonyl (C=O) groups excluding carboxylic acids is 1. The largest absolute Gasteiger partial charge is 0.479 e. The third-order valence-electron chi connectivity index (χ3n) is 6.39. The van der Waals surface area contributed by atoms with E-state index in [1.54, 1.807) is 0 Å². The molecule has 1 fully saturated rings. The summed E-state index contributed by atoms with van der Waals surface area (Å²) in [5.41, 5.74) is 0. The Morgan fingerprint density at radius 3 is 2.23 bits per heavy atom. The fraction of sp³-hybridized carbons (Fsp3) is 0.909. The topological polar surface area (TPSA) is 74.6 Å². The Morgan fingerprint density at radius 1 is 1.00 bits per heavy atom. The average Bonchev–Trinajstić information content (AvgIpc) is 2.93. The van der Waals surface area contributed by atoms with Crippen molar-refractivity contribution < 1.29 is 19.8 Å². The van der Waals surface area contributed by atoms with Gasteiger partial charge in [0.1, 0.15) is 5.78 Å². The molecule has 0 spiro atoms. The van der Waals surface area contributed by atoms with Gasteiger partial charge in [0.05, 0.1) is 0 Å². The third-order valence-corrected chi connectivity index (χ3v) is 6.39. The van der Waals surface area contributed by atoms with Gasteiger partial charge in [-0.25, -0.2) is 4.79 Å². The maximum Gasteiger partial charge on any atom is 0.332 e. The molecule has 152 valence electrons. The van der Waals surface area contributed by atoms with Crippen LogP contribution in [-0.2, 0) is 9.59 Å². The fourth-order valence-electron chi connectivity index (χ4n) is 4.10. The quantitative estimate of drug-likeness (QED) is 0.412. The highest BCUT2D eigenvalue weighted by atomic mass is 16.4. The zero-order valence-corrected chi connectivity index (χ0v) is 17.1. The number of unbranched alkanes of at least 4 members (excludes halogenated alkanes) is 4. The zero-order chi connectivity index (χ0) is 19.5. The van der Waals surface area contributed by atoms with Crippen molar-refractivity contribution in [2.24, 2.45) is 23.7 Å². The summed E-state index contributed by atoms with van der Waals surface area (Å²) < 4.78 is 0. The van der Waals surface area contributed by atoms with E-state index in [1.165, 1.54) is 32.1 Å². The number of carboxylic acid groups (broad SMARTS) is 1. The molecule has 0 aromatic rings. The summed E-state index contributed by atoms with van der Waals surface area (Å²) in [6, 6.07) is 0. The SMILES string of the molecule is CC(C)C(C)CCCCC[C@H]1CCC(=O)[C@@H]1CCCCCC(O)C(=O)O. The van der Waals surface area contributed by atoms with E-state index >= 15 is 0 Å². The monoisotopic (exact) mass is 368 g/mol. The number of aliphatic hydroxyl groups is 1. The van der Waals surface area contributed by atoms with Crippen molar-refractivity contribution in [3.8, 4) is 0 Å². The molecule has 26 heavy (non-hydrogen) atoms. The number of hydrogen-bond donors (Lipinski definition) is 2. The third kappa shape index (κ3) is 8.66. The van der Waals surface area contributed by atoms with Crippen LogP contribution in [0.4, 0.5) is 0 Å². The lowest BCUT2D eigenvalue weighted by atomic mass is 9.85. The van der Waals surface area contributed by atoms with Crippen molar-refractivity contribution in [2.45, 2.75) is 104 Å². The standard InChI is InChI=1S/C22H40O4/c1-16(2)17(3)10-6-4-7-11-18-14-15-20(23)19(18)12-8-5-9-13-21(24)22(25)26/h16-19,21,24H,4-15H2,1-3H3,(H,25,26)/t17?,18-,19+,21?/m0/s1. The van der Waals surface area contributed by atoms with Gasteiger partial charge in [0.25, 0.3) is 0 Å². The number of aliphatic carboxylic acids is 1. The highest BCUT2D eigenvalue weighted by Crippen LogP contribution is 2.36. The van der Waals surface area contributed by atoms with Crippen LogP contribution in [0.2, 0.25) is 0 Å². The number of carboxylic acids is 1. The molecule has 4 nitrogen and oxygen atoms in total. The van der Waals surface area contributed by atoms with Crippen molar-refractivity contribution in [3.05, 3.63) is 0 Å². The van der Waals surface area contributed by atoms with Crippen molar-refractivity contribution in [2.75, 3.05) is 0 Å². The van der Waals surface area contributed by atoms with Crippen molar-refractivity contribution in [1.82, 2.24) is 0 Å². The lowest BCUT2D eigenvalue weighted by molar-refractivity contribution is -0.146. The van der Waals surface area contributed by atoms with Gasteiger partial charge in [-0.15, -0.1) is 0 Å². The average molecular weight is 369 g/mol. The molecule has 1 rings (SSSR count). The number of ketones is 1. The molecule has 0 amide bonds. The molecule has 2 unspecified atom stereocenters. The Kier molecular flexibility index (Phi) is 11.1. The summed E-state index contributed by atoms with van der Waals surface area (Å²) in [6.45, 7) is 6.93. The lowest BCUT2D eigenvalue weighted by Crippen LogP contribution is -2.19. The van der Waals surface area contributed by atoms with Gasteiger partial charge >= 0.3 is 5.97 Å². The second-order valence-electron chi connectivity index (χ2n) is 8.72. The Bertz CT molecular complexity index is 418. The highest BCUT2D eigenvalue weighted by molar-refractivity contribution is 5.83. The Morgan fingerprint density at radius 2 is 1.62 bits per heavy atom. The fourth-order valence-corrected chi connectivity index (χ4v) is 4.10. The minimum atomic E-state index is -1.24. The Labute approximate surface area is 159 Å². The van der Waals surface area contributed by atoms with Gasteiger partial charge in [0, 0.05) is 12.3 Å². The van der Waals surface area contributed by atoms with Gasteiger partial charge in [-0.3, -0.25) is 4.79 Å². The van der Waals surface area contributed by atoms with Crippen LogP contribution in [0.3, 0.4) is 0 Å². The lowest BCUT2D eigenvalue weighted by Gasteiger charge is -2.19. The number of hydrogen-bond acceptors (Lipinski definition) is 3. The zero-order valence-electron chi connectivity index (χ0n) is 17.1. The van der Waals surface area contributed by atoms with E-state index in [9.17, 15) is 14.7 Å². The van der Waals surface area contributed by atoms with Crippen LogP contribution < -0.4 is 0 Å². The molecule has 2 N–H and O–H groups in total. The van der Waals surface area contributed by atoms with E-state index in [0.29, 0.717) is 24.5 Å².